The SMILES string of the molecule is COc1cc(C(CC=C(C)C)OCCC(C)C)c(OC)c2c1/C(=N/OC(=O)c1ccccc1)C=C/C2=N\OC(=O)c1ccccc1. The summed E-state index contributed by atoms with van der Waals surface area (Å²) in [6, 6.07) is 19.0. The molecule has 0 bridgehead atoms. The maximum Gasteiger partial charge on any atom is 0.365 e. The lowest BCUT2D eigenvalue weighted by molar-refractivity contribution is 0.0458. The molecule has 0 radical (unpaired) electrons. The van der Waals surface area contributed by atoms with Crippen LogP contribution in [0, 0.1) is 5.92 Å². The van der Waals surface area contributed by atoms with Crippen molar-refractivity contribution < 1.29 is 33.5 Å². The zero-order chi connectivity index (χ0) is 33.1. The van der Waals surface area contributed by atoms with Crippen LogP contribution in [0.1, 0.15) is 84.0 Å². The average molecular weight is 625 g/mol. The summed E-state index contributed by atoms with van der Waals surface area (Å²) in [7, 11) is 3.09. The lowest BCUT2D eigenvalue weighted by atomic mass is 9.88. The molecule has 46 heavy (non-hydrogen) atoms. The lowest BCUT2D eigenvalue weighted by Gasteiger charge is -2.26. The van der Waals surface area contributed by atoms with E-state index < -0.39 is 18.0 Å². The minimum atomic E-state index is -0.625. The predicted molar refractivity (Wildman–Crippen MR) is 178 cm³/mol. The van der Waals surface area contributed by atoms with E-state index >= 15 is 0 Å². The van der Waals surface area contributed by atoms with Gasteiger partial charge in [-0.15, -0.1) is 0 Å². The number of carbonyl (C=O) groups is 2. The molecular weight excluding hydrogens is 584 g/mol. The van der Waals surface area contributed by atoms with Gasteiger partial charge >= 0.3 is 11.9 Å². The third kappa shape index (κ3) is 8.57. The van der Waals surface area contributed by atoms with Crippen LogP contribution in [0.3, 0.4) is 0 Å². The number of hydrogen-bond acceptors (Lipinski definition) is 9. The fraction of sp³-hybridized carbons (Fsp3) is 0.297. The van der Waals surface area contributed by atoms with Gasteiger partial charge in [0, 0.05) is 12.2 Å². The van der Waals surface area contributed by atoms with E-state index in [2.05, 4.69) is 30.2 Å². The molecule has 240 valence electrons. The molecular formula is C37H40N2O7. The first-order valence-corrected chi connectivity index (χ1v) is 15.1. The minimum absolute atomic E-state index is 0.285. The number of benzene rings is 3. The van der Waals surface area contributed by atoms with Crippen molar-refractivity contribution in [3.63, 3.8) is 0 Å². The predicted octanol–water partition coefficient (Wildman–Crippen LogP) is 7.86. The van der Waals surface area contributed by atoms with Crippen LogP contribution >= 0.6 is 0 Å². The number of nitrogens with zero attached hydrogens (tertiary/aromatic N) is 2. The van der Waals surface area contributed by atoms with E-state index in [1.165, 1.54) is 7.11 Å². The molecule has 0 aromatic heterocycles. The average Bonchev–Trinajstić information content (AvgIpc) is 3.07. The first kappa shape index (κ1) is 33.9. The van der Waals surface area contributed by atoms with Crippen molar-refractivity contribution in [2.75, 3.05) is 20.8 Å². The molecule has 0 N–H and O–H groups in total. The topological polar surface area (TPSA) is 105 Å². The molecule has 3 aromatic rings. The van der Waals surface area contributed by atoms with Crippen molar-refractivity contribution in [2.45, 2.75) is 46.6 Å². The molecule has 0 saturated carbocycles. The van der Waals surface area contributed by atoms with Crippen LogP contribution in [-0.4, -0.2) is 44.2 Å². The molecule has 1 atom stereocenters. The first-order valence-electron chi connectivity index (χ1n) is 15.1. The Morgan fingerprint density at radius 3 is 1.80 bits per heavy atom. The van der Waals surface area contributed by atoms with Gasteiger partial charge in [-0.05, 0) is 75.1 Å². The molecule has 0 aliphatic heterocycles. The van der Waals surface area contributed by atoms with Crippen LogP contribution in [0.25, 0.3) is 0 Å². The summed E-state index contributed by atoms with van der Waals surface area (Å²) in [5.74, 6) is 0.0708. The monoisotopic (exact) mass is 624 g/mol. The molecule has 1 aliphatic rings. The molecule has 0 spiro atoms. The first-order chi connectivity index (χ1) is 22.2. The summed E-state index contributed by atoms with van der Waals surface area (Å²) in [5, 5.41) is 8.46. The molecule has 0 heterocycles. The Morgan fingerprint density at radius 1 is 0.783 bits per heavy atom. The van der Waals surface area contributed by atoms with E-state index in [9.17, 15) is 9.59 Å². The third-order valence-corrected chi connectivity index (χ3v) is 7.18. The second-order valence-corrected chi connectivity index (χ2v) is 11.3. The van der Waals surface area contributed by atoms with E-state index in [1.807, 2.05) is 26.0 Å². The van der Waals surface area contributed by atoms with Crippen LogP contribution in [0.5, 0.6) is 11.5 Å². The van der Waals surface area contributed by atoms with Crippen LogP contribution < -0.4 is 9.47 Å². The zero-order valence-electron chi connectivity index (χ0n) is 27.1. The molecule has 9 nitrogen and oxygen atoms in total. The second-order valence-electron chi connectivity index (χ2n) is 11.3. The van der Waals surface area contributed by atoms with E-state index in [1.54, 1.807) is 73.9 Å². The number of ether oxygens (including phenoxy) is 3. The van der Waals surface area contributed by atoms with Gasteiger partial charge in [-0.3, -0.25) is 0 Å². The highest BCUT2D eigenvalue weighted by Crippen LogP contribution is 2.42. The van der Waals surface area contributed by atoms with Crippen molar-refractivity contribution in [3.8, 4) is 11.5 Å². The van der Waals surface area contributed by atoms with Gasteiger partial charge in [0.15, 0.2) is 0 Å². The minimum Gasteiger partial charge on any atom is -0.496 e. The van der Waals surface area contributed by atoms with E-state index in [0.29, 0.717) is 52.7 Å². The summed E-state index contributed by atoms with van der Waals surface area (Å²) in [4.78, 5) is 36.3. The molecule has 9 heteroatoms. The van der Waals surface area contributed by atoms with E-state index in [-0.39, 0.29) is 11.4 Å². The van der Waals surface area contributed by atoms with Crippen molar-refractivity contribution in [2.24, 2.45) is 16.2 Å². The number of carbonyl (C=O) groups excluding carboxylic acids is 2. The summed E-state index contributed by atoms with van der Waals surface area (Å²) in [6.45, 7) is 8.90. The van der Waals surface area contributed by atoms with Gasteiger partial charge in [-0.1, -0.05) is 72.2 Å². The van der Waals surface area contributed by atoms with Gasteiger partial charge in [0.1, 0.15) is 22.9 Å². The largest absolute Gasteiger partial charge is 0.496 e. The lowest BCUT2D eigenvalue weighted by Crippen LogP contribution is -2.20. The Hall–Kier alpha value is -5.02. The maximum atomic E-state index is 12.8. The van der Waals surface area contributed by atoms with Crippen molar-refractivity contribution >= 4 is 23.4 Å². The van der Waals surface area contributed by atoms with Gasteiger partial charge in [0.2, 0.25) is 0 Å². The number of methoxy groups -OCH3 is 2. The Bertz CT molecular complexity index is 1640. The van der Waals surface area contributed by atoms with Crippen LogP contribution in [0.15, 0.2) is 101 Å². The Balaban J connectivity index is 1.86. The van der Waals surface area contributed by atoms with Crippen molar-refractivity contribution in [1.29, 1.82) is 0 Å². The summed E-state index contributed by atoms with van der Waals surface area (Å²) >= 11 is 0. The maximum absolute atomic E-state index is 12.8. The fourth-order valence-electron chi connectivity index (χ4n) is 4.76. The number of allylic oxidation sites excluding steroid dienone is 3. The summed E-state index contributed by atoms with van der Waals surface area (Å²) in [5.41, 5.74) is 4.03. The Morgan fingerprint density at radius 2 is 1.33 bits per heavy atom. The van der Waals surface area contributed by atoms with Crippen LogP contribution in [-0.2, 0) is 14.4 Å². The molecule has 4 rings (SSSR count). The van der Waals surface area contributed by atoms with Gasteiger partial charge in [0.25, 0.3) is 0 Å². The van der Waals surface area contributed by atoms with E-state index in [0.717, 1.165) is 17.6 Å². The third-order valence-electron chi connectivity index (χ3n) is 7.18. The highest BCUT2D eigenvalue weighted by molar-refractivity contribution is 6.28. The number of rotatable bonds is 13. The van der Waals surface area contributed by atoms with Crippen LogP contribution in [0.4, 0.5) is 0 Å². The normalized spacial score (nSPS) is 14.5. The Kier molecular flexibility index (Phi) is 12.0. The van der Waals surface area contributed by atoms with Gasteiger partial charge in [0.05, 0.1) is 42.6 Å². The fourth-order valence-corrected chi connectivity index (χ4v) is 4.76. The zero-order valence-corrected chi connectivity index (χ0v) is 27.1. The molecule has 3 aromatic carbocycles. The van der Waals surface area contributed by atoms with Crippen LogP contribution in [0.2, 0.25) is 0 Å². The van der Waals surface area contributed by atoms with Crippen molar-refractivity contribution in [3.05, 3.63) is 118 Å². The van der Waals surface area contributed by atoms with Gasteiger partial charge in [-0.25, -0.2) is 9.59 Å². The molecule has 1 unspecified atom stereocenters. The summed E-state index contributed by atoms with van der Waals surface area (Å²) in [6.07, 6.45) is 6.41. The van der Waals surface area contributed by atoms with E-state index in [4.69, 9.17) is 23.9 Å². The Labute approximate surface area is 270 Å². The molecule has 0 fully saturated rings. The summed E-state index contributed by atoms with van der Waals surface area (Å²) < 4.78 is 18.4. The number of oxime groups is 2. The number of hydrogen-bond donors (Lipinski definition) is 0. The molecule has 0 amide bonds. The van der Waals surface area contributed by atoms with Gasteiger partial charge in [-0.2, -0.15) is 0 Å². The smallest absolute Gasteiger partial charge is 0.365 e. The molecule has 1 aliphatic carbocycles. The van der Waals surface area contributed by atoms with Gasteiger partial charge < -0.3 is 23.9 Å². The second kappa shape index (κ2) is 16.3. The molecule has 0 saturated heterocycles. The number of fused-ring (bicyclic) bond motifs is 1. The highest BCUT2D eigenvalue weighted by Gasteiger charge is 2.32. The van der Waals surface area contributed by atoms with Crippen molar-refractivity contribution in [1.82, 2.24) is 0 Å². The highest BCUT2D eigenvalue weighted by atomic mass is 16.7. The standard InChI is InChI=1S/C37H40N2O7/c1-24(2)17-20-31(44-22-21-25(3)4)28-23-32(42-5)33-29(38-45-36(40)26-13-9-7-10-14-26)18-19-30(34(33)35(28)43-6)39-46-37(41)27-15-11-8-12-16-27/h7-19,23,25,31H,20-22H2,1-6H3/b38-29+,39-30+. The quantitative estimate of drug-likeness (QED) is 0.108.